The lowest BCUT2D eigenvalue weighted by molar-refractivity contribution is 0.0946. The Morgan fingerprint density at radius 2 is 2.27 bits per heavy atom. The van der Waals surface area contributed by atoms with Crippen molar-refractivity contribution >= 4 is 21.8 Å². The van der Waals surface area contributed by atoms with Gasteiger partial charge in [0.05, 0.1) is 0 Å². The van der Waals surface area contributed by atoms with E-state index in [0.717, 1.165) is 10.0 Å². The van der Waals surface area contributed by atoms with Crippen LogP contribution in [-0.2, 0) is 0 Å². The zero-order chi connectivity index (χ0) is 11.4. The number of hydrogen-bond donors (Lipinski definition) is 1. The number of amides is 1. The normalized spacial score (nSPS) is 11.9. The maximum absolute atomic E-state index is 11.8. The zero-order valence-corrected chi connectivity index (χ0v) is 10.5. The molecule has 1 atom stereocenters. The third-order valence-electron chi connectivity index (χ3n) is 2.22. The van der Waals surface area contributed by atoms with E-state index in [1.54, 1.807) is 6.08 Å². The average Bonchev–Trinajstić information content (AvgIpc) is 2.21. The Morgan fingerprint density at radius 1 is 1.60 bits per heavy atom. The van der Waals surface area contributed by atoms with Gasteiger partial charge in [-0.15, -0.1) is 6.58 Å². The van der Waals surface area contributed by atoms with Crippen LogP contribution in [0.15, 0.2) is 35.3 Å². The first kappa shape index (κ1) is 12.0. The monoisotopic (exact) mass is 267 g/mol. The molecule has 0 spiro atoms. The minimum atomic E-state index is -0.0683. The second-order valence-electron chi connectivity index (χ2n) is 3.41. The fourth-order valence-corrected chi connectivity index (χ4v) is 1.56. The van der Waals surface area contributed by atoms with E-state index in [1.807, 2.05) is 32.0 Å². The summed E-state index contributed by atoms with van der Waals surface area (Å²) in [7, 11) is 0. The largest absolute Gasteiger partial charge is 0.346 e. The van der Waals surface area contributed by atoms with E-state index in [2.05, 4.69) is 27.8 Å². The van der Waals surface area contributed by atoms with E-state index < -0.39 is 0 Å². The molecule has 0 aliphatic heterocycles. The summed E-state index contributed by atoms with van der Waals surface area (Å²) in [6.07, 6.45) is 1.70. The van der Waals surface area contributed by atoms with Gasteiger partial charge in [-0.1, -0.05) is 28.1 Å². The van der Waals surface area contributed by atoms with Crippen molar-refractivity contribution in [2.75, 3.05) is 0 Å². The molecule has 1 unspecified atom stereocenters. The fraction of sp³-hybridized carbons (Fsp3) is 0.250. The van der Waals surface area contributed by atoms with Crippen molar-refractivity contribution in [1.29, 1.82) is 0 Å². The molecule has 0 aliphatic carbocycles. The van der Waals surface area contributed by atoms with E-state index >= 15 is 0 Å². The van der Waals surface area contributed by atoms with Crippen molar-refractivity contribution in [1.82, 2.24) is 5.32 Å². The molecule has 1 rings (SSSR count). The molecule has 1 N–H and O–H groups in total. The summed E-state index contributed by atoms with van der Waals surface area (Å²) in [6.45, 7) is 7.42. The summed E-state index contributed by atoms with van der Waals surface area (Å²) >= 11 is 3.40. The molecule has 0 saturated carbocycles. The lowest BCUT2D eigenvalue weighted by atomic mass is 10.1. The third-order valence-corrected chi connectivity index (χ3v) is 3.08. The maximum Gasteiger partial charge on any atom is 0.252 e. The third kappa shape index (κ3) is 2.93. The van der Waals surface area contributed by atoms with Gasteiger partial charge < -0.3 is 5.32 Å². The van der Waals surface area contributed by atoms with E-state index in [0.29, 0.717) is 5.56 Å². The van der Waals surface area contributed by atoms with Gasteiger partial charge in [0.1, 0.15) is 0 Å². The quantitative estimate of drug-likeness (QED) is 0.839. The molecule has 3 heteroatoms. The summed E-state index contributed by atoms with van der Waals surface area (Å²) in [5.41, 5.74) is 1.64. The van der Waals surface area contributed by atoms with Crippen molar-refractivity contribution in [2.45, 2.75) is 19.9 Å². The number of carbonyl (C=O) groups excluding carboxylic acids is 1. The van der Waals surface area contributed by atoms with Gasteiger partial charge in [-0.3, -0.25) is 4.79 Å². The number of halogens is 1. The van der Waals surface area contributed by atoms with Crippen molar-refractivity contribution in [3.63, 3.8) is 0 Å². The van der Waals surface area contributed by atoms with Gasteiger partial charge in [-0.25, -0.2) is 0 Å². The molecule has 1 aromatic carbocycles. The van der Waals surface area contributed by atoms with Crippen LogP contribution in [-0.4, -0.2) is 11.9 Å². The predicted molar refractivity (Wildman–Crippen MR) is 66.0 cm³/mol. The smallest absolute Gasteiger partial charge is 0.252 e. The number of carbonyl (C=O) groups is 1. The molecule has 0 saturated heterocycles. The lowest BCUT2D eigenvalue weighted by Crippen LogP contribution is -2.31. The Morgan fingerprint density at radius 3 is 2.87 bits per heavy atom. The van der Waals surface area contributed by atoms with Crippen molar-refractivity contribution in [3.8, 4) is 0 Å². The molecular weight excluding hydrogens is 254 g/mol. The Balaban J connectivity index is 2.91. The van der Waals surface area contributed by atoms with Crippen LogP contribution in [0.2, 0.25) is 0 Å². The molecule has 80 valence electrons. The van der Waals surface area contributed by atoms with Gasteiger partial charge >= 0.3 is 0 Å². The second-order valence-corrected chi connectivity index (χ2v) is 4.26. The molecule has 0 heterocycles. The topological polar surface area (TPSA) is 29.1 Å². The summed E-state index contributed by atoms with van der Waals surface area (Å²) in [5, 5.41) is 2.84. The number of rotatable bonds is 3. The summed E-state index contributed by atoms with van der Waals surface area (Å²) in [6, 6.07) is 5.56. The van der Waals surface area contributed by atoms with Gasteiger partial charge in [0.25, 0.3) is 5.91 Å². The Kier molecular flexibility index (Phi) is 4.09. The van der Waals surface area contributed by atoms with Crippen LogP contribution in [0.3, 0.4) is 0 Å². The van der Waals surface area contributed by atoms with Gasteiger partial charge in [-0.2, -0.15) is 0 Å². The first-order valence-corrected chi connectivity index (χ1v) is 5.54. The van der Waals surface area contributed by atoms with Gasteiger partial charge in [0.15, 0.2) is 0 Å². The van der Waals surface area contributed by atoms with Crippen LogP contribution in [0.4, 0.5) is 0 Å². The SMILES string of the molecule is C=CC(C)NC(=O)c1cccc(Br)c1C. The minimum Gasteiger partial charge on any atom is -0.346 e. The first-order chi connectivity index (χ1) is 7.06. The van der Waals surface area contributed by atoms with Crippen molar-refractivity contribution < 1.29 is 4.79 Å². The van der Waals surface area contributed by atoms with Gasteiger partial charge in [-0.05, 0) is 31.5 Å². The van der Waals surface area contributed by atoms with Crippen LogP contribution in [0.5, 0.6) is 0 Å². The molecule has 2 nitrogen and oxygen atoms in total. The van der Waals surface area contributed by atoms with E-state index in [-0.39, 0.29) is 11.9 Å². The Hall–Kier alpha value is -1.09. The predicted octanol–water partition coefficient (Wildman–Crippen LogP) is 3.06. The van der Waals surface area contributed by atoms with Crippen LogP contribution in [0, 0.1) is 6.92 Å². The molecule has 1 amide bonds. The molecule has 0 aliphatic rings. The van der Waals surface area contributed by atoms with E-state index in [1.165, 1.54) is 0 Å². The van der Waals surface area contributed by atoms with Crippen LogP contribution in [0.25, 0.3) is 0 Å². The summed E-state index contributed by atoms with van der Waals surface area (Å²) in [5.74, 6) is -0.0683. The van der Waals surface area contributed by atoms with Crippen LogP contribution < -0.4 is 5.32 Å². The second kappa shape index (κ2) is 5.12. The Labute approximate surface area is 98.5 Å². The first-order valence-electron chi connectivity index (χ1n) is 4.74. The average molecular weight is 268 g/mol. The molecule has 15 heavy (non-hydrogen) atoms. The highest BCUT2D eigenvalue weighted by Crippen LogP contribution is 2.19. The van der Waals surface area contributed by atoms with Crippen LogP contribution in [0.1, 0.15) is 22.8 Å². The van der Waals surface area contributed by atoms with E-state index in [4.69, 9.17) is 0 Å². The maximum atomic E-state index is 11.8. The highest BCUT2D eigenvalue weighted by molar-refractivity contribution is 9.10. The fourth-order valence-electron chi connectivity index (χ4n) is 1.20. The molecule has 0 fully saturated rings. The van der Waals surface area contributed by atoms with Crippen molar-refractivity contribution in [3.05, 3.63) is 46.5 Å². The summed E-state index contributed by atoms with van der Waals surface area (Å²) < 4.78 is 0.946. The lowest BCUT2D eigenvalue weighted by Gasteiger charge is -2.11. The van der Waals surface area contributed by atoms with Crippen LogP contribution >= 0.6 is 15.9 Å². The highest BCUT2D eigenvalue weighted by Gasteiger charge is 2.11. The molecule has 0 aromatic heterocycles. The minimum absolute atomic E-state index is 0.0177. The molecular formula is C12H14BrNO. The zero-order valence-electron chi connectivity index (χ0n) is 8.88. The van der Waals surface area contributed by atoms with Gasteiger partial charge in [0.2, 0.25) is 0 Å². The number of nitrogens with one attached hydrogen (secondary N) is 1. The number of benzene rings is 1. The Bertz CT molecular complexity index is 387. The molecule has 1 aromatic rings. The highest BCUT2D eigenvalue weighted by atomic mass is 79.9. The standard InChI is InChI=1S/C12H14BrNO/c1-4-8(2)14-12(15)10-6-5-7-11(13)9(10)3/h4-8H,1H2,2-3H3,(H,14,15). The summed E-state index contributed by atoms with van der Waals surface area (Å²) in [4.78, 5) is 11.8. The van der Waals surface area contributed by atoms with E-state index in [9.17, 15) is 4.79 Å². The number of hydrogen-bond acceptors (Lipinski definition) is 1. The van der Waals surface area contributed by atoms with Gasteiger partial charge in [0, 0.05) is 16.1 Å². The molecule has 0 bridgehead atoms. The molecule has 0 radical (unpaired) electrons. The van der Waals surface area contributed by atoms with Crippen molar-refractivity contribution in [2.24, 2.45) is 0 Å².